The van der Waals surface area contributed by atoms with E-state index in [9.17, 15) is 0 Å². The van der Waals surface area contributed by atoms with Crippen molar-refractivity contribution in [2.24, 2.45) is 28.6 Å². The molecule has 2 saturated carbocycles. The second-order valence-corrected chi connectivity index (χ2v) is 8.13. The summed E-state index contributed by atoms with van der Waals surface area (Å²) in [4.78, 5) is 0. The number of hydrogen-bond acceptors (Lipinski definition) is 0. The summed E-state index contributed by atoms with van der Waals surface area (Å²) in [6, 6.07) is 0. The van der Waals surface area contributed by atoms with Gasteiger partial charge in [0, 0.05) is 0 Å². The summed E-state index contributed by atoms with van der Waals surface area (Å²) in [7, 11) is 0. The minimum atomic E-state index is 0.486. The van der Waals surface area contributed by atoms with Crippen molar-refractivity contribution in [1.82, 2.24) is 0 Å². The Morgan fingerprint density at radius 3 is 2.42 bits per heavy atom. The Morgan fingerprint density at radius 1 is 1.32 bits per heavy atom. The highest BCUT2D eigenvalue weighted by Gasteiger charge is 2.56. The van der Waals surface area contributed by atoms with Gasteiger partial charge in [0.2, 0.25) is 0 Å². The molecule has 0 aromatic heterocycles. The largest absolute Gasteiger partial charge is 0.0996 e. The zero-order valence-corrected chi connectivity index (χ0v) is 13.9. The molecule has 19 heavy (non-hydrogen) atoms. The molecule has 110 valence electrons. The van der Waals surface area contributed by atoms with Gasteiger partial charge in [-0.3, -0.25) is 0 Å². The number of rotatable bonds is 5. The molecule has 4 atom stereocenters. The first kappa shape index (κ1) is 15.1. The Kier molecular flexibility index (Phi) is 4.19. The van der Waals surface area contributed by atoms with Gasteiger partial charge in [0.25, 0.3) is 0 Å². The van der Waals surface area contributed by atoms with Crippen molar-refractivity contribution in [2.45, 2.75) is 79.6 Å². The van der Waals surface area contributed by atoms with Crippen LogP contribution in [0.5, 0.6) is 0 Å². The van der Waals surface area contributed by atoms with E-state index in [2.05, 4.69) is 41.2 Å². The first-order valence-corrected chi connectivity index (χ1v) is 8.52. The van der Waals surface area contributed by atoms with Crippen molar-refractivity contribution in [3.63, 3.8) is 0 Å². The summed E-state index contributed by atoms with van der Waals surface area (Å²) in [5, 5.41) is 0. The van der Waals surface area contributed by atoms with Crippen LogP contribution in [0.1, 0.15) is 79.6 Å². The molecule has 2 aliphatic carbocycles. The van der Waals surface area contributed by atoms with Crippen LogP contribution < -0.4 is 0 Å². The van der Waals surface area contributed by atoms with E-state index < -0.39 is 0 Å². The maximum Gasteiger partial charge on any atom is -0.00547 e. The minimum absolute atomic E-state index is 0.486. The lowest BCUT2D eigenvalue weighted by Crippen LogP contribution is -2.52. The maximum atomic E-state index is 4.42. The van der Waals surface area contributed by atoms with Gasteiger partial charge < -0.3 is 0 Å². The summed E-state index contributed by atoms with van der Waals surface area (Å²) in [6.45, 7) is 16.4. The van der Waals surface area contributed by atoms with Crippen molar-refractivity contribution < 1.29 is 0 Å². The predicted molar refractivity (Wildman–Crippen MR) is 85.2 cm³/mol. The fourth-order valence-electron chi connectivity index (χ4n) is 4.94. The second-order valence-electron chi connectivity index (χ2n) is 8.13. The second kappa shape index (κ2) is 5.26. The van der Waals surface area contributed by atoms with E-state index in [1.165, 1.54) is 50.5 Å². The van der Waals surface area contributed by atoms with E-state index in [-0.39, 0.29) is 0 Å². The summed E-state index contributed by atoms with van der Waals surface area (Å²) in [5.41, 5.74) is 2.46. The van der Waals surface area contributed by atoms with Crippen LogP contribution in [0.3, 0.4) is 0 Å². The molecular formula is C19H34. The lowest BCUT2D eigenvalue weighted by molar-refractivity contribution is -0.0795. The number of hydrogen-bond donors (Lipinski definition) is 0. The van der Waals surface area contributed by atoms with Crippen molar-refractivity contribution >= 4 is 0 Å². The van der Waals surface area contributed by atoms with Crippen molar-refractivity contribution in [3.05, 3.63) is 12.2 Å². The molecule has 0 aromatic carbocycles. The van der Waals surface area contributed by atoms with Gasteiger partial charge in [-0.15, -0.1) is 0 Å². The average Bonchev–Trinajstić information content (AvgIpc) is 2.35. The van der Waals surface area contributed by atoms with Crippen molar-refractivity contribution in [2.75, 3.05) is 0 Å². The normalized spacial score (nSPS) is 37.4. The standard InChI is InChI=1S/C19H34/c1-7-18(6,14(2)3)13-19(15(4)5)12-16-10-8-9-11-17(16)19/h14,16-17H,4,7-13H2,1-3,5-6H3. The SMILES string of the molecule is C=C(C)C1(CC(C)(CC)C(C)C)CC2CCCCC21. The molecule has 2 fully saturated rings. The Hall–Kier alpha value is -0.260. The molecule has 4 unspecified atom stereocenters. The zero-order chi connectivity index (χ0) is 14.3. The molecule has 0 aliphatic heterocycles. The van der Waals surface area contributed by atoms with Crippen LogP contribution in [0.25, 0.3) is 0 Å². The Morgan fingerprint density at radius 2 is 1.95 bits per heavy atom. The van der Waals surface area contributed by atoms with Gasteiger partial charge in [0.05, 0.1) is 0 Å². The van der Waals surface area contributed by atoms with E-state index >= 15 is 0 Å². The molecule has 0 heterocycles. The summed E-state index contributed by atoms with van der Waals surface area (Å²) in [5.74, 6) is 2.76. The highest BCUT2D eigenvalue weighted by atomic mass is 14.6. The third-order valence-corrected chi connectivity index (χ3v) is 7.02. The molecule has 0 bridgehead atoms. The fourth-order valence-corrected chi connectivity index (χ4v) is 4.94. The van der Waals surface area contributed by atoms with Crippen LogP contribution in [0, 0.1) is 28.6 Å². The van der Waals surface area contributed by atoms with Gasteiger partial charge in [-0.25, -0.2) is 0 Å². The molecule has 0 radical (unpaired) electrons. The van der Waals surface area contributed by atoms with Gasteiger partial charge in [-0.2, -0.15) is 0 Å². The first-order valence-electron chi connectivity index (χ1n) is 8.52. The topological polar surface area (TPSA) is 0 Å². The van der Waals surface area contributed by atoms with Crippen molar-refractivity contribution in [3.8, 4) is 0 Å². The molecule has 0 aromatic rings. The number of fused-ring (bicyclic) bond motifs is 1. The summed E-state index contributed by atoms with van der Waals surface area (Å²) < 4.78 is 0. The van der Waals surface area contributed by atoms with Crippen LogP contribution in [0.15, 0.2) is 12.2 Å². The Bertz CT molecular complexity index is 340. The van der Waals surface area contributed by atoms with Gasteiger partial charge in [-0.05, 0) is 54.8 Å². The molecule has 0 heteroatoms. The smallest absolute Gasteiger partial charge is 0.00547 e. The Labute approximate surface area is 121 Å². The zero-order valence-electron chi connectivity index (χ0n) is 13.9. The van der Waals surface area contributed by atoms with Crippen LogP contribution in [0.2, 0.25) is 0 Å². The van der Waals surface area contributed by atoms with Gasteiger partial charge in [-0.1, -0.05) is 65.5 Å². The minimum Gasteiger partial charge on any atom is -0.0996 e. The average molecular weight is 262 g/mol. The lowest BCUT2D eigenvalue weighted by atomic mass is 9.43. The summed E-state index contributed by atoms with van der Waals surface area (Å²) in [6.07, 6.45) is 10.0. The lowest BCUT2D eigenvalue weighted by Gasteiger charge is -2.61. The van der Waals surface area contributed by atoms with Crippen LogP contribution in [0.4, 0.5) is 0 Å². The van der Waals surface area contributed by atoms with Crippen LogP contribution in [-0.2, 0) is 0 Å². The maximum absolute atomic E-state index is 4.42. The van der Waals surface area contributed by atoms with E-state index in [1.807, 2.05) is 0 Å². The quantitative estimate of drug-likeness (QED) is 0.516. The third-order valence-electron chi connectivity index (χ3n) is 7.02. The van der Waals surface area contributed by atoms with Gasteiger partial charge in [0.1, 0.15) is 0 Å². The third kappa shape index (κ3) is 2.41. The molecule has 0 spiro atoms. The van der Waals surface area contributed by atoms with E-state index in [4.69, 9.17) is 0 Å². The monoisotopic (exact) mass is 262 g/mol. The first-order chi connectivity index (χ1) is 8.85. The molecule has 0 amide bonds. The van der Waals surface area contributed by atoms with Gasteiger partial charge in [0.15, 0.2) is 0 Å². The van der Waals surface area contributed by atoms with Crippen LogP contribution >= 0.6 is 0 Å². The number of allylic oxidation sites excluding steroid dienone is 1. The molecular weight excluding hydrogens is 228 g/mol. The van der Waals surface area contributed by atoms with Crippen molar-refractivity contribution in [1.29, 1.82) is 0 Å². The van der Waals surface area contributed by atoms with E-state index in [0.29, 0.717) is 10.8 Å². The molecule has 0 saturated heterocycles. The molecule has 0 nitrogen and oxygen atoms in total. The van der Waals surface area contributed by atoms with E-state index in [1.54, 1.807) is 0 Å². The molecule has 0 N–H and O–H groups in total. The van der Waals surface area contributed by atoms with E-state index in [0.717, 1.165) is 17.8 Å². The predicted octanol–water partition coefficient (Wildman–Crippen LogP) is 6.22. The highest BCUT2D eigenvalue weighted by Crippen LogP contribution is 2.65. The molecule has 2 aliphatic rings. The highest BCUT2D eigenvalue weighted by molar-refractivity contribution is 5.20. The fraction of sp³-hybridized carbons (Fsp3) is 0.895. The Balaban J connectivity index is 2.20. The summed E-state index contributed by atoms with van der Waals surface area (Å²) >= 11 is 0. The van der Waals surface area contributed by atoms with Gasteiger partial charge >= 0.3 is 0 Å². The molecule has 2 rings (SSSR count). The van der Waals surface area contributed by atoms with Crippen LogP contribution in [-0.4, -0.2) is 0 Å².